The second kappa shape index (κ2) is 6.56. The fourth-order valence-electron chi connectivity index (χ4n) is 4.48. The summed E-state index contributed by atoms with van der Waals surface area (Å²) in [4.78, 5) is 24.3. The molecule has 0 unspecified atom stereocenters. The standard InChI is InChI=1S/C20H24FN5O/c1-25(2)20(15-6-4-3-5-7-15)10-8-19(9-11-20)14-26(18(27)24-19)17-22-12-16(21)13-23-17/h3-7,12-13H,8-11,14H2,1-2H3,(H,24,27)/t19-,20+. The highest BCUT2D eigenvalue weighted by atomic mass is 19.1. The summed E-state index contributed by atoms with van der Waals surface area (Å²) in [7, 11) is 4.24. The van der Waals surface area contributed by atoms with E-state index in [0.29, 0.717) is 6.54 Å². The minimum atomic E-state index is -0.510. The van der Waals surface area contributed by atoms with E-state index < -0.39 is 5.82 Å². The molecular formula is C20H24FN5O. The minimum absolute atomic E-state index is 0.0307. The maximum atomic E-state index is 13.1. The van der Waals surface area contributed by atoms with Crippen LogP contribution in [0.5, 0.6) is 0 Å². The molecule has 7 heteroatoms. The van der Waals surface area contributed by atoms with Gasteiger partial charge in [-0.05, 0) is 45.3 Å². The van der Waals surface area contributed by atoms with E-state index in [1.807, 2.05) is 6.07 Å². The zero-order valence-electron chi connectivity index (χ0n) is 15.7. The minimum Gasteiger partial charge on any atom is -0.330 e. The van der Waals surface area contributed by atoms with Crippen molar-refractivity contribution >= 4 is 12.0 Å². The van der Waals surface area contributed by atoms with Gasteiger partial charge < -0.3 is 5.32 Å². The summed E-state index contributed by atoms with van der Waals surface area (Å²) in [6, 6.07) is 10.4. The highest BCUT2D eigenvalue weighted by Gasteiger charge is 2.50. The number of rotatable bonds is 3. The molecule has 1 saturated carbocycles. The van der Waals surface area contributed by atoms with Crippen molar-refractivity contribution in [3.8, 4) is 0 Å². The summed E-state index contributed by atoms with van der Waals surface area (Å²) < 4.78 is 13.1. The molecule has 0 bridgehead atoms. The Labute approximate surface area is 158 Å². The van der Waals surface area contributed by atoms with Crippen LogP contribution in [0.1, 0.15) is 31.2 Å². The number of carbonyl (C=O) groups excluding carboxylic acids is 1. The SMILES string of the molecule is CN(C)[C@]1(c2ccccc2)CC[C@]2(CC1)CN(c1ncc(F)cn1)C(=O)N2. The Morgan fingerprint density at radius 3 is 2.30 bits per heavy atom. The quantitative estimate of drug-likeness (QED) is 0.904. The molecule has 2 amide bonds. The molecule has 1 saturated heterocycles. The number of nitrogens with one attached hydrogen (secondary N) is 1. The Morgan fingerprint density at radius 2 is 1.70 bits per heavy atom. The average molecular weight is 369 g/mol. The van der Waals surface area contributed by atoms with Gasteiger partial charge in [-0.25, -0.2) is 19.2 Å². The molecule has 2 aliphatic rings. The van der Waals surface area contributed by atoms with Gasteiger partial charge in [-0.15, -0.1) is 0 Å². The van der Waals surface area contributed by atoms with Crippen LogP contribution in [0.2, 0.25) is 0 Å². The lowest BCUT2D eigenvalue weighted by molar-refractivity contribution is 0.0657. The van der Waals surface area contributed by atoms with Crippen molar-refractivity contribution in [1.82, 2.24) is 20.2 Å². The molecule has 142 valence electrons. The third kappa shape index (κ3) is 3.06. The third-order valence-corrected chi connectivity index (χ3v) is 6.13. The van der Waals surface area contributed by atoms with Crippen LogP contribution in [0.4, 0.5) is 15.1 Å². The van der Waals surface area contributed by atoms with Crippen molar-refractivity contribution in [2.75, 3.05) is 25.5 Å². The normalized spacial score (nSPS) is 28.0. The van der Waals surface area contributed by atoms with Crippen LogP contribution in [0.25, 0.3) is 0 Å². The second-order valence-electron chi connectivity index (χ2n) is 7.79. The van der Waals surface area contributed by atoms with Gasteiger partial charge in [-0.1, -0.05) is 30.3 Å². The lowest BCUT2D eigenvalue weighted by Gasteiger charge is -2.48. The van der Waals surface area contributed by atoms with E-state index in [0.717, 1.165) is 38.1 Å². The van der Waals surface area contributed by atoms with Crippen molar-refractivity contribution in [3.63, 3.8) is 0 Å². The number of nitrogens with zero attached hydrogens (tertiary/aromatic N) is 4. The molecular weight excluding hydrogens is 345 g/mol. The maximum absolute atomic E-state index is 13.1. The molecule has 27 heavy (non-hydrogen) atoms. The molecule has 2 aromatic rings. The molecule has 1 aliphatic heterocycles. The van der Waals surface area contributed by atoms with Crippen LogP contribution < -0.4 is 10.2 Å². The molecule has 0 atom stereocenters. The number of benzene rings is 1. The predicted octanol–water partition coefficient (Wildman–Crippen LogP) is 2.92. The number of hydrogen-bond donors (Lipinski definition) is 1. The van der Waals surface area contributed by atoms with Crippen molar-refractivity contribution in [1.29, 1.82) is 0 Å². The van der Waals surface area contributed by atoms with Crippen LogP contribution in [-0.2, 0) is 5.54 Å². The molecule has 0 radical (unpaired) electrons. The average Bonchev–Trinajstić information content (AvgIpc) is 3.00. The van der Waals surface area contributed by atoms with Crippen LogP contribution in [-0.4, -0.2) is 47.1 Å². The van der Waals surface area contributed by atoms with Crippen LogP contribution in [0.3, 0.4) is 0 Å². The topological polar surface area (TPSA) is 61.4 Å². The first-order valence-corrected chi connectivity index (χ1v) is 9.24. The predicted molar refractivity (Wildman–Crippen MR) is 101 cm³/mol. The fraction of sp³-hybridized carbons (Fsp3) is 0.450. The lowest BCUT2D eigenvalue weighted by atomic mass is 9.69. The zero-order valence-corrected chi connectivity index (χ0v) is 15.7. The molecule has 1 aromatic heterocycles. The van der Waals surface area contributed by atoms with E-state index in [-0.39, 0.29) is 23.1 Å². The van der Waals surface area contributed by atoms with E-state index in [2.05, 4.69) is 58.5 Å². The van der Waals surface area contributed by atoms with Crippen molar-refractivity contribution in [3.05, 3.63) is 54.1 Å². The van der Waals surface area contributed by atoms with E-state index in [4.69, 9.17) is 0 Å². The number of amides is 2. The summed E-state index contributed by atoms with van der Waals surface area (Å²) in [5.41, 5.74) is 0.994. The van der Waals surface area contributed by atoms with Gasteiger partial charge in [0.15, 0.2) is 5.82 Å². The zero-order chi connectivity index (χ0) is 19.1. The number of aromatic nitrogens is 2. The summed E-state index contributed by atoms with van der Waals surface area (Å²) in [5, 5.41) is 3.16. The van der Waals surface area contributed by atoms with E-state index in [1.165, 1.54) is 10.5 Å². The van der Waals surface area contributed by atoms with E-state index in [1.54, 1.807) is 0 Å². The number of carbonyl (C=O) groups is 1. The third-order valence-electron chi connectivity index (χ3n) is 6.13. The number of urea groups is 1. The highest BCUT2D eigenvalue weighted by Crippen LogP contribution is 2.46. The Balaban J connectivity index is 1.54. The highest BCUT2D eigenvalue weighted by molar-refractivity contribution is 5.93. The Hall–Kier alpha value is -2.54. The van der Waals surface area contributed by atoms with Gasteiger partial charge in [-0.3, -0.25) is 9.80 Å². The molecule has 1 N–H and O–H groups in total. The Bertz CT molecular complexity index is 816. The van der Waals surface area contributed by atoms with Crippen LogP contribution in [0, 0.1) is 5.82 Å². The van der Waals surface area contributed by atoms with Gasteiger partial charge in [-0.2, -0.15) is 0 Å². The van der Waals surface area contributed by atoms with E-state index >= 15 is 0 Å². The first-order valence-electron chi connectivity index (χ1n) is 9.24. The molecule has 1 aromatic carbocycles. The first-order chi connectivity index (χ1) is 12.9. The summed E-state index contributed by atoms with van der Waals surface area (Å²) in [6.07, 6.45) is 5.81. The van der Waals surface area contributed by atoms with Gasteiger partial charge in [0, 0.05) is 5.54 Å². The van der Waals surface area contributed by atoms with Gasteiger partial charge >= 0.3 is 6.03 Å². The van der Waals surface area contributed by atoms with Crippen molar-refractivity contribution in [2.45, 2.75) is 36.8 Å². The van der Waals surface area contributed by atoms with Gasteiger partial charge in [0.25, 0.3) is 0 Å². The lowest BCUT2D eigenvalue weighted by Crippen LogP contribution is -2.54. The maximum Gasteiger partial charge on any atom is 0.324 e. The van der Waals surface area contributed by atoms with Crippen LogP contribution in [0.15, 0.2) is 42.7 Å². The van der Waals surface area contributed by atoms with Gasteiger partial charge in [0.05, 0.1) is 24.5 Å². The van der Waals surface area contributed by atoms with Crippen LogP contribution >= 0.6 is 0 Å². The van der Waals surface area contributed by atoms with Gasteiger partial charge in [0.2, 0.25) is 5.95 Å². The van der Waals surface area contributed by atoms with E-state index in [9.17, 15) is 9.18 Å². The largest absolute Gasteiger partial charge is 0.330 e. The number of halogens is 1. The second-order valence-corrected chi connectivity index (χ2v) is 7.79. The Kier molecular flexibility index (Phi) is 4.34. The molecule has 6 nitrogen and oxygen atoms in total. The number of hydrogen-bond acceptors (Lipinski definition) is 4. The molecule has 2 heterocycles. The smallest absolute Gasteiger partial charge is 0.324 e. The summed E-state index contributed by atoms with van der Waals surface area (Å²) in [5.74, 6) is -0.261. The molecule has 1 spiro atoms. The fourth-order valence-corrected chi connectivity index (χ4v) is 4.48. The first kappa shape index (κ1) is 17.9. The molecule has 2 fully saturated rings. The monoisotopic (exact) mass is 369 g/mol. The van der Waals surface area contributed by atoms with Gasteiger partial charge in [0.1, 0.15) is 0 Å². The van der Waals surface area contributed by atoms with Crippen molar-refractivity contribution in [2.24, 2.45) is 0 Å². The Morgan fingerprint density at radius 1 is 1.07 bits per heavy atom. The summed E-state index contributed by atoms with van der Waals surface area (Å²) >= 11 is 0. The number of anilines is 1. The molecule has 4 rings (SSSR count). The molecule has 1 aliphatic carbocycles. The van der Waals surface area contributed by atoms with Crippen molar-refractivity contribution < 1.29 is 9.18 Å². The summed E-state index contributed by atoms with van der Waals surface area (Å²) in [6.45, 7) is 0.510.